The van der Waals surface area contributed by atoms with Gasteiger partial charge in [0.15, 0.2) is 0 Å². The Hall–Kier alpha value is -1.59. The fraction of sp³-hybridized carbons (Fsp3) is 0.842. The van der Waals surface area contributed by atoms with Crippen LogP contribution in [0.1, 0.15) is 58.8 Å². The van der Waals surface area contributed by atoms with Gasteiger partial charge in [0.1, 0.15) is 6.04 Å². The van der Waals surface area contributed by atoms with Crippen LogP contribution in [-0.4, -0.2) is 36.9 Å². The van der Waals surface area contributed by atoms with Crippen molar-refractivity contribution in [2.75, 3.05) is 13.1 Å². The highest BCUT2D eigenvalue weighted by molar-refractivity contribution is 5.89. The Morgan fingerprint density at radius 1 is 0.960 bits per heavy atom. The van der Waals surface area contributed by atoms with E-state index in [1.165, 1.54) is 38.5 Å². The Kier molecular flexibility index (Phi) is 5.35. The van der Waals surface area contributed by atoms with E-state index in [9.17, 15) is 14.4 Å². The first-order chi connectivity index (χ1) is 11.9. The van der Waals surface area contributed by atoms with Crippen molar-refractivity contribution >= 4 is 17.7 Å². The number of amides is 3. The van der Waals surface area contributed by atoms with Crippen molar-refractivity contribution < 1.29 is 14.4 Å². The quantitative estimate of drug-likeness (QED) is 0.648. The van der Waals surface area contributed by atoms with Gasteiger partial charge in [-0.15, -0.1) is 0 Å². The summed E-state index contributed by atoms with van der Waals surface area (Å²) in [5.74, 6) is 1.90. The monoisotopic (exact) mass is 349 g/mol. The summed E-state index contributed by atoms with van der Waals surface area (Å²) in [6.07, 6.45) is 8.20. The standard InChI is InChI=1S/C19H31N3O3/c1-3-20-18(25)12(2)22-17(24)11-21-16(23)10-19-7-13-4-14(8-19)6-15(5-13)9-19/h12-15H,3-11H2,1-2H3,(H,20,25)(H,21,23)(H,22,24)/t12-,13?,14?,15?,19?/m1/s1. The summed E-state index contributed by atoms with van der Waals surface area (Å²) in [6, 6.07) is -0.590. The minimum atomic E-state index is -0.590. The topological polar surface area (TPSA) is 87.3 Å². The van der Waals surface area contributed by atoms with Crippen molar-refractivity contribution in [3.63, 3.8) is 0 Å². The summed E-state index contributed by atoms with van der Waals surface area (Å²) < 4.78 is 0. The second kappa shape index (κ2) is 7.34. The van der Waals surface area contributed by atoms with Crippen LogP contribution in [0.25, 0.3) is 0 Å². The Bertz CT molecular complexity index is 511. The van der Waals surface area contributed by atoms with Gasteiger partial charge in [-0.1, -0.05) is 0 Å². The van der Waals surface area contributed by atoms with Crippen molar-refractivity contribution in [3.05, 3.63) is 0 Å². The number of carbonyl (C=O) groups excluding carboxylic acids is 3. The third kappa shape index (κ3) is 4.33. The van der Waals surface area contributed by atoms with Gasteiger partial charge in [-0.05, 0) is 75.5 Å². The molecule has 0 unspecified atom stereocenters. The molecule has 4 fully saturated rings. The zero-order valence-electron chi connectivity index (χ0n) is 15.4. The van der Waals surface area contributed by atoms with E-state index in [4.69, 9.17) is 0 Å². The first-order valence-corrected chi connectivity index (χ1v) is 9.73. The molecular weight excluding hydrogens is 318 g/mol. The highest BCUT2D eigenvalue weighted by Crippen LogP contribution is 2.61. The molecule has 0 spiro atoms. The van der Waals surface area contributed by atoms with E-state index in [0.717, 1.165) is 17.8 Å². The highest BCUT2D eigenvalue weighted by atomic mass is 16.2. The van der Waals surface area contributed by atoms with Crippen LogP contribution in [0, 0.1) is 23.2 Å². The summed E-state index contributed by atoms with van der Waals surface area (Å²) in [7, 11) is 0. The molecule has 0 aromatic rings. The lowest BCUT2D eigenvalue weighted by Gasteiger charge is -2.56. The van der Waals surface area contributed by atoms with Crippen LogP contribution < -0.4 is 16.0 Å². The van der Waals surface area contributed by atoms with Gasteiger partial charge in [-0.2, -0.15) is 0 Å². The molecule has 4 saturated carbocycles. The molecule has 4 rings (SSSR count). The molecule has 4 aliphatic rings. The Balaban J connectivity index is 1.42. The van der Waals surface area contributed by atoms with Crippen LogP contribution in [0.4, 0.5) is 0 Å². The van der Waals surface area contributed by atoms with E-state index in [-0.39, 0.29) is 29.7 Å². The molecule has 1 atom stereocenters. The first-order valence-electron chi connectivity index (χ1n) is 9.73. The van der Waals surface area contributed by atoms with E-state index in [2.05, 4.69) is 16.0 Å². The summed E-state index contributed by atoms with van der Waals surface area (Å²) in [5, 5.41) is 8.02. The molecule has 0 heterocycles. The second-order valence-corrected chi connectivity index (χ2v) is 8.55. The van der Waals surface area contributed by atoms with Crippen molar-refractivity contribution in [1.82, 2.24) is 16.0 Å². The normalized spacial score (nSPS) is 33.6. The lowest BCUT2D eigenvalue weighted by Crippen LogP contribution is -2.50. The van der Waals surface area contributed by atoms with Gasteiger partial charge in [0.05, 0.1) is 6.54 Å². The molecule has 6 heteroatoms. The number of carbonyl (C=O) groups is 3. The smallest absolute Gasteiger partial charge is 0.242 e. The van der Waals surface area contributed by atoms with Crippen LogP contribution in [-0.2, 0) is 14.4 Å². The van der Waals surface area contributed by atoms with Gasteiger partial charge in [0.2, 0.25) is 17.7 Å². The maximum absolute atomic E-state index is 12.4. The van der Waals surface area contributed by atoms with E-state index in [1.807, 2.05) is 6.92 Å². The molecule has 3 N–H and O–H groups in total. The van der Waals surface area contributed by atoms with Crippen LogP contribution in [0.3, 0.4) is 0 Å². The molecule has 25 heavy (non-hydrogen) atoms. The molecule has 3 amide bonds. The zero-order chi connectivity index (χ0) is 18.0. The Labute approximate surface area is 149 Å². The van der Waals surface area contributed by atoms with Crippen LogP contribution in [0.15, 0.2) is 0 Å². The van der Waals surface area contributed by atoms with Gasteiger partial charge in [-0.3, -0.25) is 14.4 Å². The van der Waals surface area contributed by atoms with Crippen molar-refractivity contribution in [1.29, 1.82) is 0 Å². The number of likely N-dealkylation sites (N-methyl/N-ethyl adjacent to an activating group) is 1. The predicted molar refractivity (Wildman–Crippen MR) is 94.5 cm³/mol. The molecule has 6 nitrogen and oxygen atoms in total. The first kappa shape index (κ1) is 18.2. The summed E-state index contributed by atoms with van der Waals surface area (Å²) in [6.45, 7) is 3.94. The maximum Gasteiger partial charge on any atom is 0.242 e. The van der Waals surface area contributed by atoms with Gasteiger partial charge in [-0.25, -0.2) is 0 Å². The molecular formula is C19H31N3O3. The lowest BCUT2D eigenvalue weighted by atomic mass is 9.49. The molecule has 0 saturated heterocycles. The average molecular weight is 349 g/mol. The van der Waals surface area contributed by atoms with Gasteiger partial charge in [0, 0.05) is 13.0 Å². The summed E-state index contributed by atoms with van der Waals surface area (Å²) in [4.78, 5) is 35.9. The second-order valence-electron chi connectivity index (χ2n) is 8.55. The third-order valence-electron chi connectivity index (χ3n) is 6.27. The zero-order valence-corrected chi connectivity index (χ0v) is 15.4. The molecule has 4 aliphatic carbocycles. The number of rotatable bonds is 7. The number of hydrogen-bond acceptors (Lipinski definition) is 3. The number of nitrogens with one attached hydrogen (secondary N) is 3. The Morgan fingerprint density at radius 3 is 2.04 bits per heavy atom. The molecule has 140 valence electrons. The summed E-state index contributed by atoms with van der Waals surface area (Å²) >= 11 is 0. The molecule has 0 aromatic carbocycles. The van der Waals surface area contributed by atoms with Crippen molar-refractivity contribution in [3.8, 4) is 0 Å². The third-order valence-corrected chi connectivity index (χ3v) is 6.27. The minimum absolute atomic E-state index is 0.0252. The Morgan fingerprint density at radius 2 is 1.52 bits per heavy atom. The fourth-order valence-electron chi connectivity index (χ4n) is 5.77. The molecule has 0 aromatic heterocycles. The van der Waals surface area contributed by atoms with E-state index in [0.29, 0.717) is 13.0 Å². The average Bonchev–Trinajstić information content (AvgIpc) is 2.51. The minimum Gasteiger partial charge on any atom is -0.355 e. The molecule has 0 radical (unpaired) electrons. The van der Waals surface area contributed by atoms with E-state index < -0.39 is 6.04 Å². The summed E-state index contributed by atoms with van der Waals surface area (Å²) in [5.41, 5.74) is 0.184. The van der Waals surface area contributed by atoms with E-state index >= 15 is 0 Å². The number of hydrogen-bond donors (Lipinski definition) is 3. The van der Waals surface area contributed by atoms with Gasteiger partial charge >= 0.3 is 0 Å². The molecule has 4 bridgehead atoms. The van der Waals surface area contributed by atoms with Crippen molar-refractivity contribution in [2.24, 2.45) is 23.2 Å². The SMILES string of the molecule is CCNC(=O)[C@@H](C)NC(=O)CNC(=O)CC12CC3CC(CC(C3)C1)C2. The van der Waals surface area contributed by atoms with Crippen LogP contribution in [0.5, 0.6) is 0 Å². The van der Waals surface area contributed by atoms with E-state index in [1.54, 1.807) is 6.92 Å². The van der Waals surface area contributed by atoms with Crippen LogP contribution >= 0.6 is 0 Å². The maximum atomic E-state index is 12.4. The highest BCUT2D eigenvalue weighted by Gasteiger charge is 2.51. The van der Waals surface area contributed by atoms with Crippen LogP contribution in [0.2, 0.25) is 0 Å². The van der Waals surface area contributed by atoms with Gasteiger partial charge in [0.25, 0.3) is 0 Å². The van der Waals surface area contributed by atoms with Gasteiger partial charge < -0.3 is 16.0 Å². The lowest BCUT2D eigenvalue weighted by molar-refractivity contribution is -0.132. The predicted octanol–water partition coefficient (Wildman–Crippen LogP) is 1.35. The largest absolute Gasteiger partial charge is 0.355 e. The fourth-order valence-corrected chi connectivity index (χ4v) is 5.77. The molecule has 0 aliphatic heterocycles. The van der Waals surface area contributed by atoms with Crippen molar-refractivity contribution in [2.45, 2.75) is 64.8 Å².